The van der Waals surface area contributed by atoms with Gasteiger partial charge in [0.2, 0.25) is 5.95 Å². The van der Waals surface area contributed by atoms with Crippen LogP contribution in [0.25, 0.3) is 0 Å². The Bertz CT molecular complexity index is 466. The first-order chi connectivity index (χ1) is 8.19. The van der Waals surface area contributed by atoms with Crippen molar-refractivity contribution in [2.75, 3.05) is 17.2 Å². The molecule has 0 spiro atoms. The lowest BCUT2D eigenvalue weighted by Crippen LogP contribution is -2.23. The molecule has 0 radical (unpaired) electrons. The highest BCUT2D eigenvalue weighted by Crippen LogP contribution is 2.20. The second-order valence-corrected chi connectivity index (χ2v) is 4.92. The van der Waals surface area contributed by atoms with Crippen molar-refractivity contribution in [3.05, 3.63) is 33.6 Å². The van der Waals surface area contributed by atoms with Crippen LogP contribution < -0.4 is 10.6 Å². The van der Waals surface area contributed by atoms with Crippen LogP contribution in [0.5, 0.6) is 0 Å². The van der Waals surface area contributed by atoms with E-state index in [1.807, 2.05) is 6.07 Å². The number of hydrogen-bond acceptors (Lipinski definition) is 5. The summed E-state index contributed by atoms with van der Waals surface area (Å²) in [5.74, 6) is 0.968. The predicted octanol–water partition coefficient (Wildman–Crippen LogP) is 2.80. The third-order valence-corrected chi connectivity index (χ3v) is 3.39. The van der Waals surface area contributed by atoms with E-state index in [9.17, 15) is 0 Å². The molecule has 17 heavy (non-hydrogen) atoms. The molecule has 2 aromatic heterocycles. The van der Waals surface area contributed by atoms with Crippen LogP contribution in [-0.2, 0) is 6.54 Å². The lowest BCUT2D eigenvalue weighted by molar-refractivity contribution is 0.821. The van der Waals surface area contributed by atoms with Crippen molar-refractivity contribution in [1.29, 1.82) is 0 Å². The van der Waals surface area contributed by atoms with Gasteiger partial charge in [-0.2, -0.15) is 4.98 Å². The molecular formula is C11H13ClN4S. The van der Waals surface area contributed by atoms with Crippen molar-refractivity contribution in [3.8, 4) is 0 Å². The molecule has 0 aliphatic carbocycles. The van der Waals surface area contributed by atoms with E-state index >= 15 is 0 Å². The number of nitrogens with two attached hydrogens (primary N) is 1. The van der Waals surface area contributed by atoms with Crippen LogP contribution in [0, 0.1) is 0 Å². The number of nitrogen functional groups attached to an aromatic ring is 1. The predicted molar refractivity (Wildman–Crippen MR) is 72.5 cm³/mol. The summed E-state index contributed by atoms with van der Waals surface area (Å²) in [6, 6.07) is 5.86. The van der Waals surface area contributed by atoms with Crippen molar-refractivity contribution in [2.45, 2.75) is 13.5 Å². The summed E-state index contributed by atoms with van der Waals surface area (Å²) in [7, 11) is 0. The maximum Gasteiger partial charge on any atom is 0.223 e. The van der Waals surface area contributed by atoms with Gasteiger partial charge >= 0.3 is 0 Å². The molecular weight excluding hydrogens is 256 g/mol. The fourth-order valence-corrected chi connectivity index (χ4v) is 2.43. The molecule has 2 aromatic rings. The summed E-state index contributed by atoms with van der Waals surface area (Å²) in [6.07, 6.45) is 0. The molecule has 2 rings (SSSR count). The minimum Gasteiger partial charge on any atom is -0.368 e. The standard InChI is InChI=1S/C11H13ClN4S/c1-2-16(7-8-4-3-5-17-8)10-6-9(12)14-11(13)15-10/h3-6H,2,7H2,1H3,(H2,13,14,15). The summed E-state index contributed by atoms with van der Waals surface area (Å²) in [5, 5.41) is 2.43. The van der Waals surface area contributed by atoms with Gasteiger partial charge in [0.1, 0.15) is 11.0 Å². The van der Waals surface area contributed by atoms with Gasteiger partial charge in [0.25, 0.3) is 0 Å². The summed E-state index contributed by atoms with van der Waals surface area (Å²) < 4.78 is 0. The second-order valence-electron chi connectivity index (χ2n) is 3.50. The molecule has 0 aliphatic rings. The lowest BCUT2D eigenvalue weighted by atomic mass is 10.4. The fraction of sp³-hybridized carbons (Fsp3) is 0.273. The smallest absolute Gasteiger partial charge is 0.223 e. The molecule has 2 N–H and O–H groups in total. The van der Waals surface area contributed by atoms with E-state index in [2.05, 4.69) is 33.2 Å². The Morgan fingerprint density at radius 2 is 2.29 bits per heavy atom. The molecule has 2 heterocycles. The Morgan fingerprint density at radius 3 is 2.88 bits per heavy atom. The topological polar surface area (TPSA) is 55.0 Å². The molecule has 4 nitrogen and oxygen atoms in total. The fourth-order valence-electron chi connectivity index (χ4n) is 1.53. The molecule has 0 atom stereocenters. The molecule has 0 amide bonds. The number of aromatic nitrogens is 2. The van der Waals surface area contributed by atoms with E-state index in [4.69, 9.17) is 17.3 Å². The van der Waals surface area contributed by atoms with Gasteiger partial charge in [-0.15, -0.1) is 11.3 Å². The Kier molecular flexibility index (Phi) is 3.81. The molecule has 0 aliphatic heterocycles. The minimum absolute atomic E-state index is 0.206. The van der Waals surface area contributed by atoms with Gasteiger partial charge in [-0.1, -0.05) is 17.7 Å². The molecule has 0 unspecified atom stereocenters. The van der Waals surface area contributed by atoms with E-state index in [0.717, 1.165) is 18.9 Å². The molecule has 0 saturated heterocycles. The summed E-state index contributed by atoms with van der Waals surface area (Å²) in [4.78, 5) is 11.4. The maximum atomic E-state index is 5.88. The first-order valence-electron chi connectivity index (χ1n) is 5.26. The Labute approximate surface area is 109 Å². The van der Waals surface area contributed by atoms with E-state index in [1.165, 1.54) is 4.88 Å². The van der Waals surface area contributed by atoms with Crippen LogP contribution in [0.4, 0.5) is 11.8 Å². The molecule has 6 heteroatoms. The number of nitrogens with zero attached hydrogens (tertiary/aromatic N) is 3. The normalized spacial score (nSPS) is 10.5. The van der Waals surface area contributed by atoms with Crippen molar-refractivity contribution in [2.24, 2.45) is 0 Å². The average molecular weight is 269 g/mol. The number of anilines is 2. The van der Waals surface area contributed by atoms with Gasteiger partial charge in [0.05, 0.1) is 6.54 Å². The van der Waals surface area contributed by atoms with Crippen LogP contribution in [0.15, 0.2) is 23.6 Å². The zero-order valence-corrected chi connectivity index (χ0v) is 11.0. The van der Waals surface area contributed by atoms with E-state index in [0.29, 0.717) is 5.15 Å². The Morgan fingerprint density at radius 1 is 1.47 bits per heavy atom. The highest BCUT2D eigenvalue weighted by molar-refractivity contribution is 7.09. The number of halogens is 1. The van der Waals surface area contributed by atoms with Crippen molar-refractivity contribution in [1.82, 2.24) is 9.97 Å². The van der Waals surface area contributed by atoms with Crippen LogP contribution in [-0.4, -0.2) is 16.5 Å². The van der Waals surface area contributed by atoms with Gasteiger partial charge in [0, 0.05) is 17.5 Å². The molecule has 0 aromatic carbocycles. The Balaban J connectivity index is 2.22. The Hall–Kier alpha value is -1.33. The van der Waals surface area contributed by atoms with Crippen molar-refractivity contribution < 1.29 is 0 Å². The second kappa shape index (κ2) is 5.33. The average Bonchev–Trinajstić information content (AvgIpc) is 2.77. The van der Waals surface area contributed by atoms with Gasteiger partial charge in [-0.3, -0.25) is 0 Å². The highest BCUT2D eigenvalue weighted by atomic mass is 35.5. The monoisotopic (exact) mass is 268 g/mol. The summed E-state index contributed by atoms with van der Waals surface area (Å²) in [6.45, 7) is 3.71. The minimum atomic E-state index is 0.206. The van der Waals surface area contributed by atoms with Crippen molar-refractivity contribution >= 4 is 34.7 Å². The maximum absolute atomic E-state index is 5.88. The largest absolute Gasteiger partial charge is 0.368 e. The van der Waals surface area contributed by atoms with Crippen LogP contribution in [0.2, 0.25) is 5.15 Å². The van der Waals surface area contributed by atoms with E-state index < -0.39 is 0 Å². The summed E-state index contributed by atoms with van der Waals surface area (Å²) >= 11 is 7.60. The van der Waals surface area contributed by atoms with Crippen LogP contribution in [0.1, 0.15) is 11.8 Å². The van der Waals surface area contributed by atoms with Gasteiger partial charge in [0.15, 0.2) is 0 Å². The van der Waals surface area contributed by atoms with Gasteiger partial charge in [-0.05, 0) is 18.4 Å². The van der Waals surface area contributed by atoms with Gasteiger partial charge in [-0.25, -0.2) is 4.98 Å². The summed E-state index contributed by atoms with van der Waals surface area (Å²) in [5.41, 5.74) is 5.59. The quantitative estimate of drug-likeness (QED) is 0.867. The van der Waals surface area contributed by atoms with Crippen LogP contribution >= 0.6 is 22.9 Å². The SMILES string of the molecule is CCN(Cc1cccs1)c1cc(Cl)nc(N)n1. The number of thiophene rings is 1. The first-order valence-corrected chi connectivity index (χ1v) is 6.52. The zero-order valence-electron chi connectivity index (χ0n) is 9.43. The van der Waals surface area contributed by atoms with E-state index in [-0.39, 0.29) is 5.95 Å². The number of rotatable bonds is 4. The number of hydrogen-bond donors (Lipinski definition) is 1. The molecule has 0 bridgehead atoms. The van der Waals surface area contributed by atoms with Crippen molar-refractivity contribution in [3.63, 3.8) is 0 Å². The third kappa shape index (κ3) is 3.08. The lowest BCUT2D eigenvalue weighted by Gasteiger charge is -2.21. The zero-order chi connectivity index (χ0) is 12.3. The molecule has 0 saturated carbocycles. The molecule has 90 valence electrons. The highest BCUT2D eigenvalue weighted by Gasteiger charge is 2.09. The van der Waals surface area contributed by atoms with Crippen LogP contribution in [0.3, 0.4) is 0 Å². The van der Waals surface area contributed by atoms with E-state index in [1.54, 1.807) is 17.4 Å². The van der Waals surface area contributed by atoms with Gasteiger partial charge < -0.3 is 10.6 Å². The third-order valence-electron chi connectivity index (χ3n) is 2.33. The molecule has 0 fully saturated rings. The first kappa shape index (κ1) is 12.1.